The number of aliphatic imine (C=N–C) groups is 1. The van der Waals surface area contributed by atoms with Gasteiger partial charge in [-0.1, -0.05) is 12.1 Å². The maximum Gasteiger partial charge on any atom is 0.302 e. The van der Waals surface area contributed by atoms with Gasteiger partial charge in [0.15, 0.2) is 11.5 Å². The molecule has 0 aromatic heterocycles. The summed E-state index contributed by atoms with van der Waals surface area (Å²) >= 11 is 0. The van der Waals surface area contributed by atoms with Crippen LogP contribution < -0.4 is 9.47 Å². The Kier molecular flexibility index (Phi) is 8.48. The molecule has 2 aromatic rings. The molecule has 198 valence electrons. The smallest absolute Gasteiger partial charge is 0.302 e. The standard InChI is InChI=1S/C29H36N2O6/c1-6-31(13-14-34-3)29(33)20-9-7-19(8-10-20)28-24-17-27(36-5)26(35-4)16-22(24)23-15-21(37-18(2)32)11-12-25(23)30-28/h7-10,16-17,21,23,25H,6,11-15H2,1-5H3. The Morgan fingerprint density at radius 2 is 1.73 bits per heavy atom. The Morgan fingerprint density at radius 1 is 1.03 bits per heavy atom. The van der Waals surface area contributed by atoms with Crippen molar-refractivity contribution >= 4 is 17.6 Å². The largest absolute Gasteiger partial charge is 0.493 e. The van der Waals surface area contributed by atoms with Crippen LogP contribution in [0.15, 0.2) is 41.4 Å². The Labute approximate surface area is 218 Å². The third-order valence-corrected chi connectivity index (χ3v) is 7.24. The van der Waals surface area contributed by atoms with Crippen molar-refractivity contribution in [2.24, 2.45) is 4.99 Å². The van der Waals surface area contributed by atoms with E-state index in [1.807, 2.05) is 43.3 Å². The van der Waals surface area contributed by atoms with Gasteiger partial charge in [0.2, 0.25) is 0 Å². The number of amides is 1. The summed E-state index contributed by atoms with van der Waals surface area (Å²) in [7, 11) is 4.88. The molecule has 1 saturated carbocycles. The molecule has 8 heteroatoms. The fraction of sp³-hybridized carbons (Fsp3) is 0.483. The number of esters is 1. The van der Waals surface area contributed by atoms with Crippen LogP contribution >= 0.6 is 0 Å². The maximum absolute atomic E-state index is 13.0. The van der Waals surface area contributed by atoms with Crippen molar-refractivity contribution < 1.29 is 28.5 Å². The lowest BCUT2D eigenvalue weighted by Crippen LogP contribution is -2.36. The van der Waals surface area contributed by atoms with Crippen LogP contribution in [0.1, 0.15) is 66.1 Å². The molecule has 0 radical (unpaired) electrons. The molecule has 1 amide bonds. The van der Waals surface area contributed by atoms with E-state index >= 15 is 0 Å². The van der Waals surface area contributed by atoms with Gasteiger partial charge in [-0.3, -0.25) is 14.6 Å². The summed E-state index contributed by atoms with van der Waals surface area (Å²) in [5, 5.41) is 0. The zero-order chi connectivity index (χ0) is 26.5. The summed E-state index contributed by atoms with van der Waals surface area (Å²) in [6, 6.07) is 11.7. The molecule has 0 spiro atoms. The number of benzene rings is 2. The van der Waals surface area contributed by atoms with Gasteiger partial charge >= 0.3 is 5.97 Å². The second-order valence-corrected chi connectivity index (χ2v) is 9.45. The number of hydrogen-bond donors (Lipinski definition) is 0. The van der Waals surface area contributed by atoms with Crippen LogP contribution in [-0.2, 0) is 14.3 Å². The zero-order valence-electron chi connectivity index (χ0n) is 22.3. The number of rotatable bonds is 9. The van der Waals surface area contributed by atoms with E-state index in [4.69, 9.17) is 23.9 Å². The Hall–Kier alpha value is -3.39. The molecule has 0 N–H and O–H groups in total. The highest BCUT2D eigenvalue weighted by Gasteiger charge is 2.38. The van der Waals surface area contributed by atoms with Gasteiger partial charge in [-0.25, -0.2) is 0 Å². The highest BCUT2D eigenvalue weighted by molar-refractivity contribution is 6.15. The summed E-state index contributed by atoms with van der Waals surface area (Å²) in [4.78, 5) is 31.6. The molecule has 2 aliphatic rings. The molecule has 1 aliphatic heterocycles. The lowest BCUT2D eigenvalue weighted by atomic mass is 9.74. The fourth-order valence-corrected chi connectivity index (χ4v) is 5.38. The average Bonchev–Trinajstić information content (AvgIpc) is 2.92. The summed E-state index contributed by atoms with van der Waals surface area (Å²) < 4.78 is 21.9. The van der Waals surface area contributed by atoms with E-state index in [-0.39, 0.29) is 29.9 Å². The van der Waals surface area contributed by atoms with E-state index in [0.29, 0.717) is 43.2 Å². The first-order chi connectivity index (χ1) is 17.9. The minimum atomic E-state index is -0.255. The summed E-state index contributed by atoms with van der Waals surface area (Å²) in [5.74, 6) is 1.12. The number of nitrogens with zero attached hydrogens (tertiary/aromatic N) is 2. The SMILES string of the molecule is CCN(CCOC)C(=O)c1ccc(C2=NC3CCC(OC(C)=O)CC3c3cc(OC)c(OC)cc32)cc1. The molecule has 1 aliphatic carbocycles. The first kappa shape index (κ1) is 26.7. The van der Waals surface area contributed by atoms with Gasteiger partial charge in [0, 0.05) is 49.7 Å². The topological polar surface area (TPSA) is 86.7 Å². The van der Waals surface area contributed by atoms with Gasteiger partial charge in [0.05, 0.1) is 32.6 Å². The van der Waals surface area contributed by atoms with Gasteiger partial charge in [-0.15, -0.1) is 0 Å². The first-order valence-corrected chi connectivity index (χ1v) is 12.8. The Bertz CT molecular complexity index is 1160. The van der Waals surface area contributed by atoms with E-state index in [2.05, 4.69) is 0 Å². The monoisotopic (exact) mass is 508 g/mol. The number of carbonyl (C=O) groups is 2. The summed E-state index contributed by atoms with van der Waals surface area (Å²) in [6.07, 6.45) is 2.19. The number of likely N-dealkylation sites (N-methyl/N-ethyl adjacent to an activating group) is 1. The fourth-order valence-electron chi connectivity index (χ4n) is 5.38. The van der Waals surface area contributed by atoms with Gasteiger partial charge < -0.3 is 23.8 Å². The van der Waals surface area contributed by atoms with Crippen molar-refractivity contribution in [3.8, 4) is 11.5 Å². The van der Waals surface area contributed by atoms with Crippen molar-refractivity contribution in [1.29, 1.82) is 0 Å². The van der Waals surface area contributed by atoms with E-state index in [9.17, 15) is 9.59 Å². The minimum absolute atomic E-state index is 0.0210. The lowest BCUT2D eigenvalue weighted by Gasteiger charge is -2.38. The maximum atomic E-state index is 13.0. The van der Waals surface area contributed by atoms with E-state index in [0.717, 1.165) is 35.2 Å². The quantitative estimate of drug-likeness (QED) is 0.471. The van der Waals surface area contributed by atoms with Crippen LogP contribution in [0.5, 0.6) is 11.5 Å². The molecule has 1 fully saturated rings. The Morgan fingerprint density at radius 3 is 2.35 bits per heavy atom. The molecule has 3 atom stereocenters. The first-order valence-electron chi connectivity index (χ1n) is 12.8. The van der Waals surface area contributed by atoms with Crippen molar-refractivity contribution in [1.82, 2.24) is 4.90 Å². The van der Waals surface area contributed by atoms with Crippen molar-refractivity contribution in [2.75, 3.05) is 41.0 Å². The molecule has 37 heavy (non-hydrogen) atoms. The normalized spacial score (nSPS) is 20.2. The van der Waals surface area contributed by atoms with Crippen LogP contribution in [0, 0.1) is 0 Å². The second-order valence-electron chi connectivity index (χ2n) is 9.45. The van der Waals surface area contributed by atoms with Crippen LogP contribution in [-0.4, -0.2) is 75.7 Å². The molecular formula is C29H36N2O6. The second kappa shape index (κ2) is 11.8. The number of fused-ring (bicyclic) bond motifs is 3. The minimum Gasteiger partial charge on any atom is -0.493 e. The summed E-state index contributed by atoms with van der Waals surface area (Å²) in [5.41, 5.74) is 4.52. The van der Waals surface area contributed by atoms with Gasteiger partial charge in [0.25, 0.3) is 5.91 Å². The van der Waals surface area contributed by atoms with Crippen LogP contribution in [0.2, 0.25) is 0 Å². The molecule has 4 rings (SSSR count). The number of carbonyl (C=O) groups excluding carboxylic acids is 2. The number of methoxy groups -OCH3 is 3. The molecule has 0 bridgehead atoms. The van der Waals surface area contributed by atoms with Crippen LogP contribution in [0.4, 0.5) is 0 Å². The van der Waals surface area contributed by atoms with Crippen LogP contribution in [0.25, 0.3) is 0 Å². The third kappa shape index (κ3) is 5.64. The number of hydrogen-bond acceptors (Lipinski definition) is 7. The molecule has 8 nitrogen and oxygen atoms in total. The molecule has 0 saturated heterocycles. The Balaban J connectivity index is 1.70. The average molecular weight is 509 g/mol. The van der Waals surface area contributed by atoms with E-state index in [1.165, 1.54) is 6.92 Å². The van der Waals surface area contributed by atoms with Crippen molar-refractivity contribution in [2.45, 2.75) is 51.2 Å². The van der Waals surface area contributed by atoms with Gasteiger partial charge in [-0.2, -0.15) is 0 Å². The van der Waals surface area contributed by atoms with Crippen molar-refractivity contribution in [3.05, 3.63) is 58.7 Å². The van der Waals surface area contributed by atoms with E-state index < -0.39 is 0 Å². The predicted molar refractivity (Wildman–Crippen MR) is 141 cm³/mol. The molecular weight excluding hydrogens is 472 g/mol. The van der Waals surface area contributed by atoms with Crippen LogP contribution in [0.3, 0.4) is 0 Å². The zero-order valence-corrected chi connectivity index (χ0v) is 22.3. The predicted octanol–water partition coefficient (Wildman–Crippen LogP) is 4.23. The number of ether oxygens (including phenoxy) is 4. The van der Waals surface area contributed by atoms with E-state index in [1.54, 1.807) is 26.2 Å². The van der Waals surface area contributed by atoms with Gasteiger partial charge in [-0.05, 0) is 56.0 Å². The molecule has 1 heterocycles. The highest BCUT2D eigenvalue weighted by atomic mass is 16.5. The molecule has 3 unspecified atom stereocenters. The van der Waals surface area contributed by atoms with Gasteiger partial charge in [0.1, 0.15) is 6.10 Å². The molecule has 2 aromatic carbocycles. The lowest BCUT2D eigenvalue weighted by molar-refractivity contribution is -0.148. The van der Waals surface area contributed by atoms with Crippen molar-refractivity contribution in [3.63, 3.8) is 0 Å². The summed E-state index contributed by atoms with van der Waals surface area (Å²) in [6.45, 7) is 5.08. The highest BCUT2D eigenvalue weighted by Crippen LogP contribution is 2.45. The third-order valence-electron chi connectivity index (χ3n) is 7.24.